The van der Waals surface area contributed by atoms with Crippen LogP contribution in [0.4, 0.5) is 10.2 Å². The van der Waals surface area contributed by atoms with Crippen molar-refractivity contribution in [2.24, 2.45) is 0 Å². The van der Waals surface area contributed by atoms with Gasteiger partial charge in [0.2, 0.25) is 0 Å². The van der Waals surface area contributed by atoms with Gasteiger partial charge in [-0.25, -0.2) is 9.07 Å². The van der Waals surface area contributed by atoms with Crippen molar-refractivity contribution in [3.63, 3.8) is 0 Å². The first-order valence-electron chi connectivity index (χ1n) is 8.36. The Morgan fingerprint density at radius 1 is 1.12 bits per heavy atom. The molecule has 4 rings (SSSR count). The van der Waals surface area contributed by atoms with Gasteiger partial charge in [0.25, 0.3) is 5.91 Å². The molecule has 0 saturated heterocycles. The van der Waals surface area contributed by atoms with Crippen LogP contribution in [0, 0.1) is 19.7 Å². The summed E-state index contributed by atoms with van der Waals surface area (Å²) >= 11 is 1.78. The van der Waals surface area contributed by atoms with E-state index >= 15 is 0 Å². The van der Waals surface area contributed by atoms with Gasteiger partial charge in [-0.05, 0) is 61.4 Å². The Morgan fingerprint density at radius 3 is 2.62 bits per heavy atom. The summed E-state index contributed by atoms with van der Waals surface area (Å²) in [6.45, 7) is 4.12. The van der Waals surface area contributed by atoms with Gasteiger partial charge in [0.05, 0.1) is 11.4 Å². The molecule has 0 unspecified atom stereocenters. The van der Waals surface area contributed by atoms with Crippen LogP contribution in [0.3, 0.4) is 0 Å². The maximum atomic E-state index is 13.1. The number of fused-ring (bicyclic) bond motifs is 1. The molecule has 2 aromatic carbocycles. The molecule has 2 heterocycles. The number of anilines is 1. The number of thioether (sulfide) groups is 1. The third-order valence-electron chi connectivity index (χ3n) is 4.63. The molecule has 132 valence electrons. The molecule has 1 N–H and O–H groups in total. The standard InChI is InChI=1S/C20H18FN3OS/c1-12-3-8-16(9-13(12)2)24-19(17-10-26-11-18(17)23-24)22-20(25)14-4-6-15(21)7-5-14/h3-9H,10-11H2,1-2H3,(H,22,25). The average molecular weight is 367 g/mol. The van der Waals surface area contributed by atoms with Crippen LogP contribution in [0.5, 0.6) is 0 Å². The summed E-state index contributed by atoms with van der Waals surface area (Å²) < 4.78 is 14.9. The van der Waals surface area contributed by atoms with Gasteiger partial charge >= 0.3 is 0 Å². The Labute approximate surface area is 155 Å². The predicted octanol–water partition coefficient (Wildman–Crippen LogP) is 4.63. The number of benzene rings is 2. The molecule has 1 aliphatic rings. The monoisotopic (exact) mass is 367 g/mol. The van der Waals surface area contributed by atoms with E-state index < -0.39 is 0 Å². The average Bonchev–Trinajstić information content (AvgIpc) is 3.20. The summed E-state index contributed by atoms with van der Waals surface area (Å²) in [5.74, 6) is 1.72. The van der Waals surface area contributed by atoms with E-state index in [2.05, 4.69) is 31.3 Å². The fourth-order valence-electron chi connectivity index (χ4n) is 2.97. The Morgan fingerprint density at radius 2 is 1.88 bits per heavy atom. The van der Waals surface area contributed by atoms with Crippen molar-refractivity contribution in [3.8, 4) is 5.69 Å². The molecular formula is C20H18FN3OS. The van der Waals surface area contributed by atoms with Crippen molar-refractivity contribution in [2.45, 2.75) is 25.4 Å². The van der Waals surface area contributed by atoms with Gasteiger partial charge in [-0.15, -0.1) is 0 Å². The maximum absolute atomic E-state index is 13.1. The second-order valence-corrected chi connectivity index (χ2v) is 7.39. The number of aryl methyl sites for hydroxylation is 2. The van der Waals surface area contributed by atoms with Gasteiger partial charge in [-0.2, -0.15) is 16.9 Å². The molecule has 0 aliphatic carbocycles. The Hall–Kier alpha value is -2.60. The van der Waals surface area contributed by atoms with Gasteiger partial charge in [0, 0.05) is 22.6 Å². The lowest BCUT2D eigenvalue weighted by molar-refractivity contribution is 0.102. The number of nitrogens with one attached hydrogen (secondary N) is 1. The molecule has 3 aromatic rings. The first-order valence-corrected chi connectivity index (χ1v) is 9.51. The maximum Gasteiger partial charge on any atom is 0.256 e. The lowest BCUT2D eigenvalue weighted by Gasteiger charge is -2.12. The summed E-state index contributed by atoms with van der Waals surface area (Å²) in [4.78, 5) is 12.6. The highest BCUT2D eigenvalue weighted by Crippen LogP contribution is 2.36. The number of nitrogens with zero attached hydrogens (tertiary/aromatic N) is 2. The third-order valence-corrected chi connectivity index (χ3v) is 5.60. The van der Waals surface area contributed by atoms with E-state index in [1.54, 1.807) is 16.4 Å². The molecule has 0 atom stereocenters. The van der Waals surface area contributed by atoms with E-state index in [-0.39, 0.29) is 11.7 Å². The topological polar surface area (TPSA) is 46.9 Å². The molecule has 0 saturated carbocycles. The molecule has 26 heavy (non-hydrogen) atoms. The summed E-state index contributed by atoms with van der Waals surface area (Å²) in [7, 11) is 0. The molecule has 1 aromatic heterocycles. The van der Waals surface area contributed by atoms with Crippen LogP contribution in [0.15, 0.2) is 42.5 Å². The van der Waals surface area contributed by atoms with Crippen molar-refractivity contribution in [1.29, 1.82) is 0 Å². The minimum atomic E-state index is -0.362. The number of carbonyl (C=O) groups is 1. The minimum absolute atomic E-state index is 0.269. The third kappa shape index (κ3) is 3.01. The first-order chi connectivity index (χ1) is 12.5. The Bertz CT molecular complexity index is 995. The molecule has 4 nitrogen and oxygen atoms in total. The van der Waals surface area contributed by atoms with Crippen LogP contribution in [0.25, 0.3) is 5.69 Å². The molecule has 0 spiro atoms. The number of rotatable bonds is 3. The molecule has 6 heteroatoms. The molecular weight excluding hydrogens is 349 g/mol. The second-order valence-electron chi connectivity index (χ2n) is 6.41. The summed E-state index contributed by atoms with van der Waals surface area (Å²) in [6.07, 6.45) is 0. The van der Waals surface area contributed by atoms with Crippen molar-refractivity contribution in [3.05, 3.63) is 76.2 Å². The van der Waals surface area contributed by atoms with Crippen molar-refractivity contribution in [2.75, 3.05) is 5.32 Å². The Balaban J connectivity index is 1.74. The van der Waals surface area contributed by atoms with Crippen LogP contribution in [-0.2, 0) is 11.5 Å². The first kappa shape index (κ1) is 16.8. The highest BCUT2D eigenvalue weighted by Gasteiger charge is 2.25. The lowest BCUT2D eigenvalue weighted by atomic mass is 10.1. The summed E-state index contributed by atoms with van der Waals surface area (Å²) in [5.41, 5.74) is 5.77. The van der Waals surface area contributed by atoms with Gasteiger partial charge in [-0.3, -0.25) is 4.79 Å². The molecule has 0 radical (unpaired) electrons. The van der Waals surface area contributed by atoms with Crippen LogP contribution < -0.4 is 5.32 Å². The largest absolute Gasteiger partial charge is 0.306 e. The van der Waals surface area contributed by atoms with E-state index in [4.69, 9.17) is 5.10 Å². The van der Waals surface area contributed by atoms with Crippen molar-refractivity contribution >= 4 is 23.5 Å². The predicted molar refractivity (Wildman–Crippen MR) is 102 cm³/mol. The highest BCUT2D eigenvalue weighted by atomic mass is 32.2. The van der Waals surface area contributed by atoms with E-state index in [9.17, 15) is 9.18 Å². The van der Waals surface area contributed by atoms with Gasteiger partial charge in [0.15, 0.2) is 0 Å². The second kappa shape index (κ2) is 6.61. The summed E-state index contributed by atoms with van der Waals surface area (Å²) in [5, 5.41) is 7.70. The zero-order valence-corrected chi connectivity index (χ0v) is 15.4. The molecule has 0 fully saturated rings. The summed E-state index contributed by atoms with van der Waals surface area (Å²) in [6, 6.07) is 11.7. The number of aromatic nitrogens is 2. The van der Waals surface area contributed by atoms with E-state index in [0.717, 1.165) is 28.5 Å². The zero-order valence-electron chi connectivity index (χ0n) is 14.5. The van der Waals surface area contributed by atoms with Gasteiger partial charge < -0.3 is 5.32 Å². The normalized spacial score (nSPS) is 12.9. The quantitative estimate of drug-likeness (QED) is 0.734. The van der Waals surface area contributed by atoms with Crippen molar-refractivity contribution < 1.29 is 9.18 Å². The number of hydrogen-bond acceptors (Lipinski definition) is 3. The van der Waals surface area contributed by atoms with Crippen molar-refractivity contribution in [1.82, 2.24) is 9.78 Å². The number of hydrogen-bond donors (Lipinski definition) is 1. The highest BCUT2D eigenvalue weighted by molar-refractivity contribution is 7.98. The fraction of sp³-hybridized carbons (Fsp3) is 0.200. The van der Waals surface area contributed by atoms with Gasteiger partial charge in [-0.1, -0.05) is 6.07 Å². The fourth-order valence-corrected chi connectivity index (χ4v) is 4.00. The van der Waals surface area contributed by atoms with E-state index in [0.29, 0.717) is 11.4 Å². The van der Waals surface area contributed by atoms with Crippen LogP contribution in [0.2, 0.25) is 0 Å². The lowest BCUT2D eigenvalue weighted by Crippen LogP contribution is -2.16. The molecule has 1 aliphatic heterocycles. The minimum Gasteiger partial charge on any atom is -0.306 e. The molecule has 0 bridgehead atoms. The zero-order chi connectivity index (χ0) is 18.3. The SMILES string of the molecule is Cc1ccc(-n2nc3c(c2NC(=O)c2ccc(F)cc2)CSC3)cc1C. The number of carbonyl (C=O) groups excluding carboxylic acids is 1. The van der Waals surface area contributed by atoms with Crippen LogP contribution >= 0.6 is 11.8 Å². The Kier molecular flexibility index (Phi) is 4.28. The van der Waals surface area contributed by atoms with Crippen LogP contribution in [0.1, 0.15) is 32.7 Å². The number of halogens is 1. The smallest absolute Gasteiger partial charge is 0.256 e. The van der Waals surface area contributed by atoms with Gasteiger partial charge in [0.1, 0.15) is 11.6 Å². The van der Waals surface area contributed by atoms with Crippen LogP contribution in [-0.4, -0.2) is 15.7 Å². The number of amides is 1. The van der Waals surface area contributed by atoms with E-state index in [1.807, 2.05) is 6.07 Å². The van der Waals surface area contributed by atoms with E-state index in [1.165, 1.54) is 35.4 Å². The molecule has 1 amide bonds.